The van der Waals surface area contributed by atoms with Crippen molar-refractivity contribution in [2.75, 3.05) is 18.6 Å². The van der Waals surface area contributed by atoms with Crippen molar-refractivity contribution in [2.24, 2.45) is 16.8 Å². The third kappa shape index (κ3) is 7.10. The molecule has 0 radical (unpaired) electrons. The molecule has 0 aliphatic rings. The molecule has 17 heavy (non-hydrogen) atoms. The number of amides is 1. The van der Waals surface area contributed by atoms with E-state index in [0.717, 1.165) is 18.6 Å². The van der Waals surface area contributed by atoms with Gasteiger partial charge in [0.2, 0.25) is 5.91 Å². The van der Waals surface area contributed by atoms with Crippen LogP contribution in [0.25, 0.3) is 0 Å². The van der Waals surface area contributed by atoms with Crippen LogP contribution in [0.3, 0.4) is 0 Å². The van der Waals surface area contributed by atoms with Crippen molar-refractivity contribution in [1.82, 2.24) is 5.32 Å². The van der Waals surface area contributed by atoms with Gasteiger partial charge >= 0.3 is 0 Å². The molecule has 0 saturated heterocycles. The van der Waals surface area contributed by atoms with E-state index in [-0.39, 0.29) is 11.7 Å². The molecular formula is C11H23N3O2S. The fourth-order valence-electron chi connectivity index (χ4n) is 1.48. The second kappa shape index (κ2) is 10.3. The van der Waals surface area contributed by atoms with Gasteiger partial charge in [-0.2, -0.15) is 11.8 Å². The molecule has 1 unspecified atom stereocenters. The Hall–Kier alpha value is -0.910. The SMILES string of the molecule is CCC(C(=O)NCCCCCSC)C(N)=NO. The monoisotopic (exact) mass is 261 g/mol. The van der Waals surface area contributed by atoms with Crippen molar-refractivity contribution in [3.05, 3.63) is 0 Å². The number of nitrogens with two attached hydrogens (primary N) is 1. The zero-order valence-corrected chi connectivity index (χ0v) is 11.4. The molecule has 0 aromatic rings. The minimum Gasteiger partial charge on any atom is -0.409 e. The Labute approximate surface area is 107 Å². The van der Waals surface area contributed by atoms with E-state index in [2.05, 4.69) is 16.7 Å². The van der Waals surface area contributed by atoms with Gasteiger partial charge in [-0.15, -0.1) is 0 Å². The van der Waals surface area contributed by atoms with Crippen LogP contribution in [-0.4, -0.2) is 35.5 Å². The van der Waals surface area contributed by atoms with E-state index < -0.39 is 5.92 Å². The van der Waals surface area contributed by atoms with Gasteiger partial charge in [-0.1, -0.05) is 18.5 Å². The standard InChI is InChI=1S/C11H23N3O2S/c1-3-9(10(12)14-16)11(15)13-7-5-4-6-8-17-2/h9,16H,3-8H2,1-2H3,(H2,12,14)(H,13,15). The number of thioether (sulfide) groups is 1. The number of unbranched alkanes of at least 4 members (excludes halogenated alkanes) is 2. The predicted molar refractivity (Wildman–Crippen MR) is 72.4 cm³/mol. The second-order valence-electron chi connectivity index (χ2n) is 3.83. The molecule has 0 spiro atoms. The van der Waals surface area contributed by atoms with Gasteiger partial charge in [0, 0.05) is 6.54 Å². The Morgan fingerprint density at radius 2 is 2.18 bits per heavy atom. The lowest BCUT2D eigenvalue weighted by molar-refractivity contribution is -0.123. The maximum absolute atomic E-state index is 11.7. The molecular weight excluding hydrogens is 238 g/mol. The average molecular weight is 261 g/mol. The summed E-state index contributed by atoms with van der Waals surface area (Å²) in [4.78, 5) is 11.7. The summed E-state index contributed by atoms with van der Waals surface area (Å²) >= 11 is 1.83. The highest BCUT2D eigenvalue weighted by Crippen LogP contribution is 2.04. The number of nitrogens with one attached hydrogen (secondary N) is 1. The Bertz CT molecular complexity index is 247. The zero-order chi connectivity index (χ0) is 13.1. The number of oxime groups is 1. The van der Waals surface area contributed by atoms with E-state index in [9.17, 15) is 4.79 Å². The summed E-state index contributed by atoms with van der Waals surface area (Å²) in [6.07, 6.45) is 5.88. The average Bonchev–Trinajstić information content (AvgIpc) is 2.34. The van der Waals surface area contributed by atoms with Crippen LogP contribution in [0.5, 0.6) is 0 Å². The van der Waals surface area contributed by atoms with Gasteiger partial charge in [-0.3, -0.25) is 4.79 Å². The first-order valence-corrected chi connectivity index (χ1v) is 7.30. The van der Waals surface area contributed by atoms with Crippen molar-refractivity contribution in [1.29, 1.82) is 0 Å². The fourth-order valence-corrected chi connectivity index (χ4v) is 1.97. The van der Waals surface area contributed by atoms with E-state index in [1.165, 1.54) is 6.42 Å². The maximum Gasteiger partial charge on any atom is 0.230 e. The highest BCUT2D eigenvalue weighted by molar-refractivity contribution is 7.98. The van der Waals surface area contributed by atoms with Gasteiger partial charge in [0.15, 0.2) is 5.84 Å². The number of carbonyl (C=O) groups excluding carboxylic acids is 1. The van der Waals surface area contributed by atoms with E-state index >= 15 is 0 Å². The van der Waals surface area contributed by atoms with Crippen LogP contribution in [0.15, 0.2) is 5.16 Å². The van der Waals surface area contributed by atoms with Crippen LogP contribution in [0.1, 0.15) is 32.6 Å². The molecule has 5 nitrogen and oxygen atoms in total. The molecule has 6 heteroatoms. The Morgan fingerprint density at radius 3 is 2.71 bits per heavy atom. The topological polar surface area (TPSA) is 87.7 Å². The molecule has 0 aliphatic carbocycles. The van der Waals surface area contributed by atoms with Gasteiger partial charge in [0.25, 0.3) is 0 Å². The number of hydrogen-bond donors (Lipinski definition) is 3. The first kappa shape index (κ1) is 16.1. The summed E-state index contributed by atoms with van der Waals surface area (Å²) in [6.45, 7) is 2.49. The molecule has 0 bridgehead atoms. The number of amidine groups is 1. The minimum atomic E-state index is -0.522. The van der Waals surface area contributed by atoms with Crippen molar-refractivity contribution < 1.29 is 10.0 Å². The molecule has 0 heterocycles. The Kier molecular flexibility index (Phi) is 9.71. The number of rotatable bonds is 9. The summed E-state index contributed by atoms with van der Waals surface area (Å²) in [7, 11) is 0. The highest BCUT2D eigenvalue weighted by atomic mass is 32.2. The lowest BCUT2D eigenvalue weighted by Crippen LogP contribution is -2.38. The number of nitrogens with zero attached hydrogens (tertiary/aromatic N) is 1. The van der Waals surface area contributed by atoms with E-state index in [1.807, 2.05) is 18.7 Å². The molecule has 0 aliphatic heterocycles. The number of hydrogen-bond acceptors (Lipinski definition) is 4. The minimum absolute atomic E-state index is 0.0209. The van der Waals surface area contributed by atoms with Gasteiger partial charge in [0.05, 0.1) is 5.92 Å². The highest BCUT2D eigenvalue weighted by Gasteiger charge is 2.20. The predicted octanol–water partition coefficient (Wildman–Crippen LogP) is 1.41. The summed E-state index contributed by atoms with van der Waals surface area (Å²) in [5, 5.41) is 14.2. The lowest BCUT2D eigenvalue weighted by Gasteiger charge is -2.13. The smallest absolute Gasteiger partial charge is 0.230 e. The largest absolute Gasteiger partial charge is 0.409 e. The van der Waals surface area contributed by atoms with Gasteiger partial charge in [-0.25, -0.2) is 0 Å². The first-order valence-electron chi connectivity index (χ1n) is 5.91. The first-order chi connectivity index (χ1) is 8.17. The Balaban J connectivity index is 3.77. The summed E-state index contributed by atoms with van der Waals surface area (Å²) < 4.78 is 0. The summed E-state index contributed by atoms with van der Waals surface area (Å²) in [5.41, 5.74) is 5.44. The van der Waals surface area contributed by atoms with E-state index in [0.29, 0.717) is 13.0 Å². The van der Waals surface area contributed by atoms with Crippen LogP contribution in [0.2, 0.25) is 0 Å². The third-order valence-corrected chi connectivity index (χ3v) is 3.22. The molecule has 1 amide bonds. The van der Waals surface area contributed by atoms with Gasteiger partial charge in [-0.05, 0) is 31.3 Å². The maximum atomic E-state index is 11.7. The van der Waals surface area contributed by atoms with E-state index in [4.69, 9.17) is 10.9 Å². The van der Waals surface area contributed by atoms with Crippen LogP contribution >= 0.6 is 11.8 Å². The van der Waals surface area contributed by atoms with Crippen LogP contribution in [-0.2, 0) is 4.79 Å². The molecule has 4 N–H and O–H groups in total. The molecule has 0 rings (SSSR count). The number of carbonyl (C=O) groups is 1. The normalized spacial score (nSPS) is 13.4. The fraction of sp³-hybridized carbons (Fsp3) is 0.818. The van der Waals surface area contributed by atoms with Gasteiger partial charge in [0.1, 0.15) is 0 Å². The van der Waals surface area contributed by atoms with Gasteiger partial charge < -0.3 is 16.3 Å². The van der Waals surface area contributed by atoms with Crippen molar-refractivity contribution >= 4 is 23.5 Å². The lowest BCUT2D eigenvalue weighted by atomic mass is 10.0. The second-order valence-corrected chi connectivity index (χ2v) is 4.82. The quantitative estimate of drug-likeness (QED) is 0.192. The summed E-state index contributed by atoms with van der Waals surface area (Å²) in [5.74, 6) is 0.460. The van der Waals surface area contributed by atoms with Crippen molar-refractivity contribution in [3.63, 3.8) is 0 Å². The van der Waals surface area contributed by atoms with Crippen LogP contribution < -0.4 is 11.1 Å². The molecule has 0 fully saturated rings. The summed E-state index contributed by atoms with van der Waals surface area (Å²) in [6, 6.07) is 0. The molecule has 0 aromatic heterocycles. The third-order valence-electron chi connectivity index (χ3n) is 2.52. The van der Waals surface area contributed by atoms with Crippen LogP contribution in [0, 0.1) is 5.92 Å². The molecule has 100 valence electrons. The molecule has 1 atom stereocenters. The van der Waals surface area contributed by atoms with Crippen molar-refractivity contribution in [3.8, 4) is 0 Å². The van der Waals surface area contributed by atoms with E-state index in [1.54, 1.807) is 0 Å². The van der Waals surface area contributed by atoms with Crippen LogP contribution in [0.4, 0.5) is 0 Å². The zero-order valence-electron chi connectivity index (χ0n) is 10.6. The molecule has 0 aromatic carbocycles. The molecule has 0 saturated carbocycles. The Morgan fingerprint density at radius 1 is 1.47 bits per heavy atom. The van der Waals surface area contributed by atoms with Crippen molar-refractivity contribution in [2.45, 2.75) is 32.6 Å².